The summed E-state index contributed by atoms with van der Waals surface area (Å²) in [5, 5.41) is 6.00. The van der Waals surface area contributed by atoms with Crippen LogP contribution in [0.3, 0.4) is 0 Å². The van der Waals surface area contributed by atoms with Crippen molar-refractivity contribution >= 4 is 28.4 Å². The summed E-state index contributed by atoms with van der Waals surface area (Å²) in [5.41, 5.74) is 2.96. The minimum Gasteiger partial charge on any atom is -0.504 e. The van der Waals surface area contributed by atoms with Crippen LogP contribution in [0.15, 0.2) is 54.2 Å². The summed E-state index contributed by atoms with van der Waals surface area (Å²) in [5.74, 6) is 1.30. The predicted octanol–water partition coefficient (Wildman–Crippen LogP) is 4.79. The highest BCUT2D eigenvalue weighted by atomic mass is 32.1. The molecule has 2 heterocycles. The standard InChI is InChI=1S/C19H19N3O2S/c1-14-13-25-19(21-14)22-18-17(10-16(11-20-18)8-9-23-2)24-12-15-6-4-3-5-7-15/h3-11,13H,12H2,1-2H3,(H,20,21,22)/b9-8+. The van der Waals surface area contributed by atoms with E-state index in [0.717, 1.165) is 22.0 Å². The molecule has 0 aliphatic carbocycles. The Morgan fingerprint density at radius 2 is 2.08 bits per heavy atom. The molecule has 1 aromatic carbocycles. The van der Waals surface area contributed by atoms with Crippen LogP contribution in [0.5, 0.6) is 5.75 Å². The number of nitrogens with one attached hydrogen (secondary N) is 1. The Kier molecular flexibility index (Phi) is 5.64. The van der Waals surface area contributed by atoms with Gasteiger partial charge >= 0.3 is 0 Å². The molecule has 0 spiro atoms. The lowest BCUT2D eigenvalue weighted by Crippen LogP contribution is -2.01. The molecule has 0 aliphatic rings. The molecule has 128 valence electrons. The molecule has 5 nitrogen and oxygen atoms in total. The zero-order valence-electron chi connectivity index (χ0n) is 14.1. The van der Waals surface area contributed by atoms with E-state index in [2.05, 4.69) is 15.3 Å². The number of benzene rings is 1. The number of methoxy groups -OCH3 is 1. The van der Waals surface area contributed by atoms with Gasteiger partial charge in [-0.1, -0.05) is 30.3 Å². The number of rotatable bonds is 7. The summed E-state index contributed by atoms with van der Waals surface area (Å²) in [7, 11) is 1.61. The molecule has 0 unspecified atom stereocenters. The van der Waals surface area contributed by atoms with Gasteiger partial charge < -0.3 is 14.8 Å². The van der Waals surface area contributed by atoms with Gasteiger partial charge in [0.2, 0.25) is 0 Å². The Bertz CT molecular complexity index is 847. The number of ether oxygens (including phenoxy) is 2. The maximum atomic E-state index is 6.00. The molecule has 25 heavy (non-hydrogen) atoms. The van der Waals surface area contributed by atoms with Gasteiger partial charge in [-0.3, -0.25) is 0 Å². The van der Waals surface area contributed by atoms with Crippen LogP contribution in [-0.4, -0.2) is 17.1 Å². The molecular formula is C19H19N3O2S. The lowest BCUT2D eigenvalue weighted by molar-refractivity contribution is 0.306. The SMILES string of the molecule is CO/C=C/c1cnc(Nc2nc(C)cs2)c(OCc2ccccc2)c1. The molecule has 2 aromatic heterocycles. The largest absolute Gasteiger partial charge is 0.504 e. The minimum absolute atomic E-state index is 0.464. The summed E-state index contributed by atoms with van der Waals surface area (Å²) >= 11 is 1.53. The van der Waals surface area contributed by atoms with Gasteiger partial charge in [0, 0.05) is 11.6 Å². The number of hydrogen-bond acceptors (Lipinski definition) is 6. The fourth-order valence-electron chi connectivity index (χ4n) is 2.15. The van der Waals surface area contributed by atoms with Gasteiger partial charge in [-0.25, -0.2) is 9.97 Å². The topological polar surface area (TPSA) is 56.3 Å². The average molecular weight is 353 g/mol. The fraction of sp³-hybridized carbons (Fsp3) is 0.158. The van der Waals surface area contributed by atoms with Crippen LogP contribution in [0.4, 0.5) is 10.9 Å². The quantitative estimate of drug-likeness (QED) is 0.619. The highest BCUT2D eigenvalue weighted by Crippen LogP contribution is 2.29. The van der Waals surface area contributed by atoms with E-state index in [-0.39, 0.29) is 0 Å². The Balaban J connectivity index is 1.83. The van der Waals surface area contributed by atoms with Crippen LogP contribution in [0.25, 0.3) is 6.08 Å². The van der Waals surface area contributed by atoms with Crippen molar-refractivity contribution in [2.24, 2.45) is 0 Å². The van der Waals surface area contributed by atoms with Crippen LogP contribution in [0.2, 0.25) is 0 Å². The molecule has 3 rings (SSSR count). The van der Waals surface area contributed by atoms with Crippen molar-refractivity contribution in [2.75, 3.05) is 12.4 Å². The smallest absolute Gasteiger partial charge is 0.188 e. The minimum atomic E-state index is 0.464. The molecule has 0 radical (unpaired) electrons. The first-order valence-corrected chi connectivity index (χ1v) is 8.68. The molecule has 1 N–H and O–H groups in total. The van der Waals surface area contributed by atoms with Crippen LogP contribution >= 0.6 is 11.3 Å². The van der Waals surface area contributed by atoms with Crippen molar-refractivity contribution in [3.05, 3.63) is 71.1 Å². The van der Waals surface area contributed by atoms with Gasteiger partial charge in [-0.05, 0) is 30.2 Å². The summed E-state index contributed by atoms with van der Waals surface area (Å²) in [4.78, 5) is 8.89. The first-order chi connectivity index (χ1) is 12.2. The molecule has 3 aromatic rings. The summed E-state index contributed by atoms with van der Waals surface area (Å²) in [6.45, 7) is 2.42. The number of aryl methyl sites for hydroxylation is 1. The lowest BCUT2D eigenvalue weighted by atomic mass is 10.2. The molecule has 0 amide bonds. The first-order valence-electron chi connectivity index (χ1n) is 7.80. The van der Waals surface area contributed by atoms with Gasteiger partial charge in [-0.2, -0.15) is 0 Å². The number of thiazole rings is 1. The Morgan fingerprint density at radius 1 is 1.24 bits per heavy atom. The number of nitrogens with zero attached hydrogens (tertiary/aromatic N) is 2. The monoisotopic (exact) mass is 353 g/mol. The van der Waals surface area contributed by atoms with Crippen molar-refractivity contribution in [1.29, 1.82) is 0 Å². The third kappa shape index (κ3) is 4.81. The molecule has 0 atom stereocenters. The highest BCUT2D eigenvalue weighted by molar-refractivity contribution is 7.13. The fourth-order valence-corrected chi connectivity index (χ4v) is 2.84. The van der Waals surface area contributed by atoms with Crippen molar-refractivity contribution in [3.8, 4) is 5.75 Å². The molecular weight excluding hydrogens is 334 g/mol. The van der Waals surface area contributed by atoms with E-state index < -0.39 is 0 Å². The molecule has 0 fully saturated rings. The third-order valence-corrected chi connectivity index (χ3v) is 4.23. The average Bonchev–Trinajstić information content (AvgIpc) is 3.05. The normalized spacial score (nSPS) is 10.8. The molecule has 6 heteroatoms. The number of anilines is 2. The van der Waals surface area contributed by atoms with Gasteiger partial charge in [0.05, 0.1) is 19.1 Å². The van der Waals surface area contributed by atoms with E-state index in [9.17, 15) is 0 Å². The van der Waals surface area contributed by atoms with Gasteiger partial charge in [0.1, 0.15) is 6.61 Å². The van der Waals surface area contributed by atoms with E-state index in [1.54, 1.807) is 19.6 Å². The van der Waals surface area contributed by atoms with Gasteiger partial charge in [-0.15, -0.1) is 11.3 Å². The summed E-state index contributed by atoms with van der Waals surface area (Å²) in [6.07, 6.45) is 5.20. The molecule has 0 aliphatic heterocycles. The first kappa shape index (κ1) is 17.0. The Hall–Kier alpha value is -2.86. The Labute approximate surface area is 151 Å². The maximum Gasteiger partial charge on any atom is 0.188 e. The molecule has 0 saturated carbocycles. The van der Waals surface area contributed by atoms with Crippen molar-refractivity contribution in [2.45, 2.75) is 13.5 Å². The predicted molar refractivity (Wildman–Crippen MR) is 101 cm³/mol. The summed E-state index contributed by atoms with van der Waals surface area (Å²) in [6, 6.07) is 11.9. The Morgan fingerprint density at radius 3 is 2.80 bits per heavy atom. The maximum absolute atomic E-state index is 6.00. The van der Waals surface area contributed by atoms with Crippen molar-refractivity contribution < 1.29 is 9.47 Å². The lowest BCUT2D eigenvalue weighted by Gasteiger charge is -2.12. The van der Waals surface area contributed by atoms with Crippen molar-refractivity contribution in [3.63, 3.8) is 0 Å². The highest BCUT2D eigenvalue weighted by Gasteiger charge is 2.09. The number of pyridine rings is 1. The van der Waals surface area contributed by atoms with E-state index in [0.29, 0.717) is 18.2 Å². The van der Waals surface area contributed by atoms with E-state index >= 15 is 0 Å². The second-order valence-electron chi connectivity index (χ2n) is 5.35. The summed E-state index contributed by atoms with van der Waals surface area (Å²) < 4.78 is 11.0. The van der Waals surface area contributed by atoms with Gasteiger partial charge in [0.25, 0.3) is 0 Å². The zero-order chi connectivity index (χ0) is 17.5. The van der Waals surface area contributed by atoms with E-state index in [1.807, 2.05) is 54.8 Å². The van der Waals surface area contributed by atoms with Crippen molar-refractivity contribution in [1.82, 2.24) is 9.97 Å². The second-order valence-corrected chi connectivity index (χ2v) is 6.21. The van der Waals surface area contributed by atoms with Gasteiger partial charge in [0.15, 0.2) is 16.7 Å². The number of hydrogen-bond donors (Lipinski definition) is 1. The second kappa shape index (κ2) is 8.30. The molecule has 0 saturated heterocycles. The van der Waals surface area contributed by atoms with Crippen LogP contribution in [0, 0.1) is 6.92 Å². The third-order valence-electron chi connectivity index (χ3n) is 3.35. The van der Waals surface area contributed by atoms with Crippen LogP contribution in [0.1, 0.15) is 16.8 Å². The van der Waals surface area contributed by atoms with E-state index in [1.165, 1.54) is 11.3 Å². The van der Waals surface area contributed by atoms with Crippen LogP contribution < -0.4 is 10.1 Å². The van der Waals surface area contributed by atoms with E-state index in [4.69, 9.17) is 9.47 Å². The van der Waals surface area contributed by atoms with Crippen LogP contribution in [-0.2, 0) is 11.3 Å². The number of aromatic nitrogens is 2. The molecule has 0 bridgehead atoms. The zero-order valence-corrected chi connectivity index (χ0v) is 14.9.